The fourth-order valence-corrected chi connectivity index (χ4v) is 2.86. The normalized spacial score (nSPS) is 14.4. The maximum Gasteiger partial charge on any atom is 0.257 e. The number of carbonyl (C=O) groups excluding carboxylic acids is 2. The van der Waals surface area contributed by atoms with Crippen molar-refractivity contribution in [3.63, 3.8) is 0 Å². The molecule has 0 atom stereocenters. The number of nitrogens with zero attached hydrogens (tertiary/aromatic N) is 2. The summed E-state index contributed by atoms with van der Waals surface area (Å²) in [4.78, 5) is 27.4. The number of halogens is 3. The second kappa shape index (κ2) is 7.69. The van der Waals surface area contributed by atoms with Crippen molar-refractivity contribution in [2.24, 2.45) is 0 Å². The van der Waals surface area contributed by atoms with Crippen LogP contribution in [0.2, 0.25) is 0 Å². The highest BCUT2D eigenvalue weighted by Gasteiger charge is 2.30. The summed E-state index contributed by atoms with van der Waals surface area (Å²) >= 11 is 0. The molecule has 3 rings (SSSR count). The lowest BCUT2D eigenvalue weighted by Crippen LogP contribution is -2.52. The van der Waals surface area contributed by atoms with Gasteiger partial charge in [-0.2, -0.15) is 0 Å². The largest absolute Gasteiger partial charge is 0.497 e. The summed E-state index contributed by atoms with van der Waals surface area (Å²) in [7, 11) is 1.56. The van der Waals surface area contributed by atoms with E-state index in [0.29, 0.717) is 18.4 Å². The fraction of sp³-hybridized carbons (Fsp3) is 0.263. The highest BCUT2D eigenvalue weighted by atomic mass is 19.2. The Balaban J connectivity index is 1.66. The van der Waals surface area contributed by atoms with Crippen molar-refractivity contribution in [2.45, 2.75) is 6.54 Å². The first-order valence-corrected chi connectivity index (χ1v) is 8.24. The van der Waals surface area contributed by atoms with Crippen LogP contribution in [0.3, 0.4) is 0 Å². The molecule has 0 aliphatic carbocycles. The second-order valence-corrected chi connectivity index (χ2v) is 6.11. The molecule has 0 aromatic heterocycles. The standard InChI is InChI=1S/C19H17F3N2O3/c1-27-13-4-2-12(3-5-13)10-23-8-9-24(11-16(23)25)19(26)14-6-7-15(20)18(22)17(14)21/h2-7H,8-11H2,1H3. The van der Waals surface area contributed by atoms with E-state index < -0.39 is 28.9 Å². The number of amides is 2. The third-order valence-corrected chi connectivity index (χ3v) is 4.40. The van der Waals surface area contributed by atoms with E-state index in [1.807, 2.05) is 12.1 Å². The molecule has 2 amide bonds. The molecule has 1 aliphatic heterocycles. The number of rotatable bonds is 4. The van der Waals surface area contributed by atoms with Crippen LogP contribution in [0.15, 0.2) is 36.4 Å². The highest BCUT2D eigenvalue weighted by molar-refractivity contribution is 5.97. The van der Waals surface area contributed by atoms with Gasteiger partial charge < -0.3 is 14.5 Å². The number of benzene rings is 2. The van der Waals surface area contributed by atoms with E-state index in [0.717, 1.165) is 16.5 Å². The predicted octanol–water partition coefficient (Wildman–Crippen LogP) is 2.60. The molecular formula is C19H17F3N2O3. The molecule has 0 saturated carbocycles. The van der Waals surface area contributed by atoms with Crippen molar-refractivity contribution in [2.75, 3.05) is 26.7 Å². The molecule has 8 heteroatoms. The maximum absolute atomic E-state index is 13.8. The highest BCUT2D eigenvalue weighted by Crippen LogP contribution is 2.19. The molecule has 0 spiro atoms. The van der Waals surface area contributed by atoms with Crippen molar-refractivity contribution in [1.29, 1.82) is 0 Å². The third-order valence-electron chi connectivity index (χ3n) is 4.40. The Morgan fingerprint density at radius 3 is 2.37 bits per heavy atom. The third kappa shape index (κ3) is 3.89. The lowest BCUT2D eigenvalue weighted by atomic mass is 10.1. The summed E-state index contributed by atoms with van der Waals surface area (Å²) in [5.74, 6) is -5.07. The zero-order chi connectivity index (χ0) is 19.6. The Morgan fingerprint density at radius 1 is 1.04 bits per heavy atom. The van der Waals surface area contributed by atoms with Crippen LogP contribution >= 0.6 is 0 Å². The lowest BCUT2D eigenvalue weighted by molar-refractivity contribution is -0.135. The first-order valence-electron chi connectivity index (χ1n) is 8.24. The quantitative estimate of drug-likeness (QED) is 0.769. The minimum Gasteiger partial charge on any atom is -0.497 e. The monoisotopic (exact) mass is 378 g/mol. The van der Waals surface area contributed by atoms with E-state index in [2.05, 4.69) is 0 Å². The minimum absolute atomic E-state index is 0.166. The number of piperazine rings is 1. The summed E-state index contributed by atoms with van der Waals surface area (Å²) in [6, 6.07) is 8.80. The summed E-state index contributed by atoms with van der Waals surface area (Å²) < 4.78 is 45.3. The van der Waals surface area contributed by atoms with E-state index >= 15 is 0 Å². The summed E-state index contributed by atoms with van der Waals surface area (Å²) in [6.07, 6.45) is 0. The van der Waals surface area contributed by atoms with E-state index in [4.69, 9.17) is 4.74 Å². The van der Waals surface area contributed by atoms with Gasteiger partial charge in [-0.1, -0.05) is 12.1 Å². The maximum atomic E-state index is 13.8. The van der Waals surface area contributed by atoms with Gasteiger partial charge in [0, 0.05) is 19.6 Å². The van der Waals surface area contributed by atoms with Gasteiger partial charge in [-0.3, -0.25) is 9.59 Å². The molecule has 1 fully saturated rings. The number of hydrogen-bond donors (Lipinski definition) is 0. The zero-order valence-corrected chi connectivity index (χ0v) is 14.5. The SMILES string of the molecule is COc1ccc(CN2CCN(C(=O)c3ccc(F)c(F)c3F)CC2=O)cc1. The van der Waals surface area contributed by atoms with Gasteiger partial charge >= 0.3 is 0 Å². The van der Waals surface area contributed by atoms with E-state index in [1.165, 1.54) is 0 Å². The van der Waals surface area contributed by atoms with Gasteiger partial charge in [-0.05, 0) is 29.8 Å². The number of ether oxygens (including phenoxy) is 1. The number of hydrogen-bond acceptors (Lipinski definition) is 3. The van der Waals surface area contributed by atoms with Crippen molar-refractivity contribution in [3.8, 4) is 5.75 Å². The Bertz CT molecular complexity index is 871. The van der Waals surface area contributed by atoms with Gasteiger partial charge in [0.25, 0.3) is 5.91 Å². The van der Waals surface area contributed by atoms with Crippen molar-refractivity contribution >= 4 is 11.8 Å². The first kappa shape index (κ1) is 18.8. The van der Waals surface area contributed by atoms with Crippen LogP contribution in [0.25, 0.3) is 0 Å². The molecule has 0 N–H and O–H groups in total. The minimum atomic E-state index is -1.70. The van der Waals surface area contributed by atoms with Crippen LogP contribution < -0.4 is 4.74 Å². The van der Waals surface area contributed by atoms with Crippen molar-refractivity contribution < 1.29 is 27.5 Å². The molecule has 1 aliphatic rings. The summed E-state index contributed by atoms with van der Waals surface area (Å²) in [5.41, 5.74) is 0.306. The number of carbonyl (C=O) groups is 2. The molecule has 2 aromatic rings. The molecule has 2 aromatic carbocycles. The molecule has 0 unspecified atom stereocenters. The predicted molar refractivity (Wildman–Crippen MR) is 90.6 cm³/mol. The van der Waals surface area contributed by atoms with Gasteiger partial charge in [0.2, 0.25) is 5.91 Å². The van der Waals surface area contributed by atoms with Gasteiger partial charge in [-0.25, -0.2) is 13.2 Å². The van der Waals surface area contributed by atoms with Crippen LogP contribution in [0.4, 0.5) is 13.2 Å². The summed E-state index contributed by atoms with van der Waals surface area (Å²) in [5, 5.41) is 0. The molecule has 27 heavy (non-hydrogen) atoms. The Hall–Kier alpha value is -3.03. The van der Waals surface area contributed by atoms with Gasteiger partial charge in [0.05, 0.1) is 12.7 Å². The Kier molecular flexibility index (Phi) is 5.34. The molecule has 1 heterocycles. The average Bonchev–Trinajstić information content (AvgIpc) is 2.68. The zero-order valence-electron chi connectivity index (χ0n) is 14.5. The van der Waals surface area contributed by atoms with Crippen LogP contribution in [0.5, 0.6) is 5.75 Å². The van der Waals surface area contributed by atoms with Crippen molar-refractivity contribution in [1.82, 2.24) is 9.80 Å². The number of methoxy groups -OCH3 is 1. The molecule has 142 valence electrons. The fourth-order valence-electron chi connectivity index (χ4n) is 2.86. The first-order chi connectivity index (χ1) is 12.9. The second-order valence-electron chi connectivity index (χ2n) is 6.11. The summed E-state index contributed by atoms with van der Waals surface area (Å²) in [6.45, 7) is 0.527. The molecular weight excluding hydrogens is 361 g/mol. The van der Waals surface area contributed by atoms with E-state index in [9.17, 15) is 22.8 Å². The topological polar surface area (TPSA) is 49.9 Å². The Morgan fingerprint density at radius 2 is 1.74 bits per heavy atom. The van der Waals surface area contributed by atoms with Crippen LogP contribution in [0.1, 0.15) is 15.9 Å². The van der Waals surface area contributed by atoms with E-state index in [1.54, 1.807) is 24.1 Å². The Labute approximate surface area is 153 Å². The van der Waals surface area contributed by atoms with Gasteiger partial charge in [0.15, 0.2) is 17.5 Å². The molecule has 5 nitrogen and oxygen atoms in total. The van der Waals surface area contributed by atoms with Crippen molar-refractivity contribution in [3.05, 3.63) is 65.0 Å². The van der Waals surface area contributed by atoms with E-state index in [-0.39, 0.29) is 25.5 Å². The average molecular weight is 378 g/mol. The van der Waals surface area contributed by atoms with Gasteiger partial charge in [-0.15, -0.1) is 0 Å². The van der Waals surface area contributed by atoms with Crippen LogP contribution in [-0.4, -0.2) is 48.4 Å². The van der Waals surface area contributed by atoms with Gasteiger partial charge in [0.1, 0.15) is 12.3 Å². The smallest absolute Gasteiger partial charge is 0.257 e. The molecule has 1 saturated heterocycles. The molecule has 0 bridgehead atoms. The van der Waals surface area contributed by atoms with Crippen LogP contribution in [0, 0.1) is 17.5 Å². The lowest BCUT2D eigenvalue weighted by Gasteiger charge is -2.34. The molecule has 0 radical (unpaired) electrons. The van der Waals surface area contributed by atoms with Crippen LogP contribution in [-0.2, 0) is 11.3 Å².